The van der Waals surface area contributed by atoms with Gasteiger partial charge in [-0.15, -0.1) is 10.2 Å². The fourth-order valence-corrected chi connectivity index (χ4v) is 3.74. The maximum absolute atomic E-state index is 5.92. The highest BCUT2D eigenvalue weighted by Crippen LogP contribution is 2.31. The summed E-state index contributed by atoms with van der Waals surface area (Å²) in [7, 11) is 0. The maximum Gasteiger partial charge on any atom is 0.213 e. The number of piperidine rings is 1. The molecule has 0 aliphatic carbocycles. The molecule has 1 aliphatic rings. The Balaban J connectivity index is 1.87. The minimum Gasteiger partial charge on any atom is -0.494 e. The highest BCUT2D eigenvalue weighted by Gasteiger charge is 2.20. The number of aryl methyl sites for hydroxylation is 1. The summed E-state index contributed by atoms with van der Waals surface area (Å²) in [6.45, 7) is 11.1. The van der Waals surface area contributed by atoms with Crippen molar-refractivity contribution in [1.82, 2.24) is 19.6 Å². The number of ether oxygens (including phenoxy) is 1. The van der Waals surface area contributed by atoms with E-state index in [0.29, 0.717) is 12.4 Å². The van der Waals surface area contributed by atoms with Crippen molar-refractivity contribution in [3.8, 4) is 0 Å². The van der Waals surface area contributed by atoms with Gasteiger partial charge in [0.1, 0.15) is 12.1 Å². The molecule has 1 fully saturated rings. The summed E-state index contributed by atoms with van der Waals surface area (Å²) in [5.41, 5.74) is 3.81. The van der Waals surface area contributed by atoms with Gasteiger partial charge in [0, 0.05) is 24.0 Å². The van der Waals surface area contributed by atoms with Gasteiger partial charge in [-0.2, -0.15) is 0 Å². The molecule has 0 bridgehead atoms. The fraction of sp³-hybridized carbons (Fsp3) is 0.476. The predicted molar refractivity (Wildman–Crippen MR) is 109 cm³/mol. The van der Waals surface area contributed by atoms with E-state index in [2.05, 4.69) is 47.7 Å². The second-order valence-electron chi connectivity index (χ2n) is 7.32. The number of hydrogen-bond donors (Lipinski definition) is 0. The van der Waals surface area contributed by atoms with Crippen LogP contribution in [0.25, 0.3) is 22.3 Å². The van der Waals surface area contributed by atoms with E-state index < -0.39 is 0 Å². The van der Waals surface area contributed by atoms with E-state index >= 15 is 0 Å². The summed E-state index contributed by atoms with van der Waals surface area (Å²) < 4.78 is 7.93. The number of benzene rings is 1. The SMILES string of the molecule is C=C(OCCCC)c1cc(C)cc2c1nc(N1CCCCC1)n1cnnc21. The molecule has 0 spiro atoms. The zero-order valence-electron chi connectivity index (χ0n) is 16.2. The lowest BCUT2D eigenvalue weighted by molar-refractivity contribution is 0.271. The number of fused-ring (bicyclic) bond motifs is 3. The number of hydrogen-bond acceptors (Lipinski definition) is 5. The Hall–Kier alpha value is -2.63. The van der Waals surface area contributed by atoms with Crippen molar-refractivity contribution >= 4 is 28.3 Å². The van der Waals surface area contributed by atoms with E-state index in [0.717, 1.165) is 59.6 Å². The van der Waals surface area contributed by atoms with Gasteiger partial charge < -0.3 is 9.64 Å². The average Bonchev–Trinajstić information content (AvgIpc) is 3.18. The molecule has 0 N–H and O–H groups in total. The van der Waals surface area contributed by atoms with Crippen LogP contribution in [0, 0.1) is 6.92 Å². The number of aromatic nitrogens is 4. The van der Waals surface area contributed by atoms with Gasteiger partial charge in [0.2, 0.25) is 5.95 Å². The first kappa shape index (κ1) is 17.8. The van der Waals surface area contributed by atoms with Gasteiger partial charge >= 0.3 is 0 Å². The highest BCUT2D eigenvalue weighted by atomic mass is 16.5. The normalized spacial score (nSPS) is 14.8. The van der Waals surface area contributed by atoms with Crippen LogP contribution >= 0.6 is 0 Å². The molecule has 3 aromatic rings. The minimum absolute atomic E-state index is 0.678. The number of nitrogens with zero attached hydrogens (tertiary/aromatic N) is 5. The average molecular weight is 365 g/mol. The highest BCUT2D eigenvalue weighted by molar-refractivity contribution is 5.98. The van der Waals surface area contributed by atoms with Crippen LogP contribution in [0.3, 0.4) is 0 Å². The van der Waals surface area contributed by atoms with Crippen molar-refractivity contribution in [2.45, 2.75) is 46.0 Å². The lowest BCUT2D eigenvalue weighted by Crippen LogP contribution is -2.31. The van der Waals surface area contributed by atoms with Crippen molar-refractivity contribution in [3.63, 3.8) is 0 Å². The van der Waals surface area contributed by atoms with E-state index in [-0.39, 0.29) is 0 Å². The van der Waals surface area contributed by atoms with E-state index in [1.165, 1.54) is 19.3 Å². The molecular weight excluding hydrogens is 338 g/mol. The Kier molecular flexibility index (Phi) is 4.97. The van der Waals surface area contributed by atoms with E-state index in [1.54, 1.807) is 6.33 Å². The van der Waals surface area contributed by atoms with Crippen molar-refractivity contribution in [2.75, 3.05) is 24.6 Å². The van der Waals surface area contributed by atoms with Gasteiger partial charge in [-0.3, -0.25) is 4.40 Å². The van der Waals surface area contributed by atoms with Crippen LogP contribution < -0.4 is 4.90 Å². The molecular formula is C21H27N5O. The van der Waals surface area contributed by atoms with E-state index in [9.17, 15) is 0 Å². The summed E-state index contributed by atoms with van der Waals surface area (Å²) in [6.07, 6.45) is 7.54. The van der Waals surface area contributed by atoms with Crippen LogP contribution in [-0.4, -0.2) is 39.3 Å². The molecule has 0 saturated carbocycles. The van der Waals surface area contributed by atoms with Crippen LogP contribution in [0.2, 0.25) is 0 Å². The third kappa shape index (κ3) is 3.36. The first-order chi connectivity index (χ1) is 13.2. The van der Waals surface area contributed by atoms with Gasteiger partial charge in [-0.05, 0) is 50.3 Å². The molecule has 1 aliphatic heterocycles. The van der Waals surface area contributed by atoms with Crippen molar-refractivity contribution in [1.29, 1.82) is 0 Å². The van der Waals surface area contributed by atoms with Gasteiger partial charge in [-0.1, -0.05) is 19.9 Å². The largest absolute Gasteiger partial charge is 0.494 e. The number of anilines is 1. The molecule has 142 valence electrons. The molecule has 6 heteroatoms. The molecule has 0 amide bonds. The predicted octanol–water partition coefficient (Wildman–Crippen LogP) is 4.36. The first-order valence-electron chi connectivity index (χ1n) is 9.90. The molecule has 0 atom stereocenters. The van der Waals surface area contributed by atoms with Crippen molar-refractivity contribution in [3.05, 3.63) is 36.2 Å². The summed E-state index contributed by atoms with van der Waals surface area (Å²) >= 11 is 0. The van der Waals surface area contributed by atoms with E-state index in [1.807, 2.05) is 4.40 Å². The lowest BCUT2D eigenvalue weighted by Gasteiger charge is -2.28. The van der Waals surface area contributed by atoms with Crippen LogP contribution in [0.15, 0.2) is 25.0 Å². The van der Waals surface area contributed by atoms with Crippen LogP contribution in [0.4, 0.5) is 5.95 Å². The molecule has 3 heterocycles. The molecule has 0 radical (unpaired) electrons. The third-order valence-corrected chi connectivity index (χ3v) is 5.18. The zero-order chi connectivity index (χ0) is 18.8. The summed E-state index contributed by atoms with van der Waals surface area (Å²) in [4.78, 5) is 7.39. The summed E-state index contributed by atoms with van der Waals surface area (Å²) in [5, 5.41) is 9.55. The van der Waals surface area contributed by atoms with Crippen LogP contribution in [0.1, 0.15) is 50.2 Å². The minimum atomic E-state index is 0.678. The third-order valence-electron chi connectivity index (χ3n) is 5.18. The monoisotopic (exact) mass is 365 g/mol. The van der Waals surface area contributed by atoms with Crippen molar-refractivity contribution < 1.29 is 4.74 Å². The Morgan fingerprint density at radius 2 is 2.04 bits per heavy atom. The zero-order valence-corrected chi connectivity index (χ0v) is 16.2. The summed E-state index contributed by atoms with van der Waals surface area (Å²) in [5.74, 6) is 1.59. The number of unbranched alkanes of at least 4 members (excludes halogenated alkanes) is 1. The van der Waals surface area contributed by atoms with Gasteiger partial charge in [-0.25, -0.2) is 4.98 Å². The number of rotatable bonds is 6. The smallest absolute Gasteiger partial charge is 0.213 e. The Morgan fingerprint density at radius 1 is 1.22 bits per heavy atom. The molecule has 4 rings (SSSR count). The van der Waals surface area contributed by atoms with Crippen molar-refractivity contribution in [2.24, 2.45) is 0 Å². The standard InChI is InChI=1S/C21H27N5O/c1-4-5-11-27-16(3)17-12-15(2)13-18-19(17)23-21(25-9-7-6-8-10-25)26-14-22-24-20(18)26/h12-14H,3-11H2,1-2H3. The quantitative estimate of drug-likeness (QED) is 0.480. The van der Waals surface area contributed by atoms with Gasteiger partial charge in [0.25, 0.3) is 0 Å². The first-order valence-corrected chi connectivity index (χ1v) is 9.90. The molecule has 0 unspecified atom stereocenters. The Morgan fingerprint density at radius 3 is 2.81 bits per heavy atom. The van der Waals surface area contributed by atoms with Crippen LogP contribution in [0.5, 0.6) is 0 Å². The van der Waals surface area contributed by atoms with Gasteiger partial charge in [0.05, 0.1) is 12.1 Å². The Bertz CT molecular complexity index is 972. The summed E-state index contributed by atoms with van der Waals surface area (Å²) in [6, 6.07) is 4.23. The molecule has 2 aromatic heterocycles. The van der Waals surface area contributed by atoms with E-state index in [4.69, 9.17) is 9.72 Å². The lowest BCUT2D eigenvalue weighted by atomic mass is 10.1. The van der Waals surface area contributed by atoms with Gasteiger partial charge in [0.15, 0.2) is 5.65 Å². The second kappa shape index (κ2) is 7.55. The van der Waals surface area contributed by atoms with Crippen LogP contribution in [-0.2, 0) is 4.74 Å². The molecule has 6 nitrogen and oxygen atoms in total. The molecule has 27 heavy (non-hydrogen) atoms. The fourth-order valence-electron chi connectivity index (χ4n) is 3.74. The maximum atomic E-state index is 5.92. The molecule has 1 aromatic carbocycles. The second-order valence-corrected chi connectivity index (χ2v) is 7.32. The topological polar surface area (TPSA) is 55.5 Å². The Labute approximate surface area is 159 Å². The molecule has 1 saturated heterocycles.